The molecule has 1 N–H and O–H groups in total. The van der Waals surface area contributed by atoms with E-state index in [9.17, 15) is 9.59 Å². The lowest BCUT2D eigenvalue weighted by Crippen LogP contribution is -2.16. The van der Waals surface area contributed by atoms with Crippen LogP contribution in [0.1, 0.15) is 55.3 Å². The van der Waals surface area contributed by atoms with Crippen molar-refractivity contribution in [3.63, 3.8) is 0 Å². The maximum Gasteiger partial charge on any atom is 0.341 e. The van der Waals surface area contributed by atoms with Crippen LogP contribution in [0.4, 0.5) is 5.00 Å². The average Bonchev–Trinajstić information content (AvgIpc) is 3.40. The highest BCUT2D eigenvalue weighted by molar-refractivity contribution is 7.17. The number of rotatable bonds is 5. The molecular formula is C24H22N4O3S. The summed E-state index contributed by atoms with van der Waals surface area (Å²) in [7, 11) is 0. The number of anilines is 1. The van der Waals surface area contributed by atoms with Crippen molar-refractivity contribution >= 4 is 33.9 Å². The fraction of sp³-hybridized carbons (Fsp3) is 0.250. The minimum Gasteiger partial charge on any atom is -0.455 e. The monoisotopic (exact) mass is 446 g/mol. The number of carbonyl (C=O) groups is 2. The van der Waals surface area contributed by atoms with Crippen LogP contribution in [0.15, 0.2) is 49.1 Å². The Kier molecular flexibility index (Phi) is 5.45. The summed E-state index contributed by atoms with van der Waals surface area (Å²) in [4.78, 5) is 35.6. The molecule has 0 atom stereocenters. The second kappa shape index (κ2) is 8.55. The number of aromatic nitrogens is 3. The Labute approximate surface area is 189 Å². The molecule has 7 nitrogen and oxygen atoms in total. The highest BCUT2D eigenvalue weighted by atomic mass is 32.1. The molecule has 4 aromatic rings. The number of hydrogen-bond donors (Lipinski definition) is 1. The van der Waals surface area contributed by atoms with Crippen LogP contribution in [0.25, 0.3) is 5.65 Å². The molecule has 5 rings (SSSR count). The maximum atomic E-state index is 13.2. The fourth-order valence-corrected chi connectivity index (χ4v) is 5.30. The topological polar surface area (TPSA) is 85.6 Å². The molecule has 0 unspecified atom stereocenters. The predicted octanol–water partition coefficient (Wildman–Crippen LogP) is 4.59. The molecule has 0 radical (unpaired) electrons. The van der Waals surface area contributed by atoms with Crippen molar-refractivity contribution in [1.29, 1.82) is 0 Å². The Morgan fingerprint density at radius 3 is 2.91 bits per heavy atom. The molecule has 0 fully saturated rings. The molecule has 1 aliphatic carbocycles. The third-order valence-corrected chi connectivity index (χ3v) is 6.81. The van der Waals surface area contributed by atoms with Gasteiger partial charge in [0, 0.05) is 29.7 Å². The van der Waals surface area contributed by atoms with E-state index >= 15 is 0 Å². The first-order valence-corrected chi connectivity index (χ1v) is 11.4. The number of hydrogen-bond acceptors (Lipinski definition) is 6. The summed E-state index contributed by atoms with van der Waals surface area (Å²) in [6, 6.07) is 7.35. The fourth-order valence-electron chi connectivity index (χ4n) is 4.03. The van der Waals surface area contributed by atoms with Gasteiger partial charge >= 0.3 is 5.97 Å². The van der Waals surface area contributed by atoms with Gasteiger partial charge in [-0.05, 0) is 61.9 Å². The summed E-state index contributed by atoms with van der Waals surface area (Å²) in [5, 5.41) is 3.45. The van der Waals surface area contributed by atoms with E-state index in [1.807, 2.05) is 35.9 Å². The van der Waals surface area contributed by atoms with Crippen LogP contribution < -0.4 is 5.32 Å². The van der Waals surface area contributed by atoms with Crippen LogP contribution in [0.2, 0.25) is 0 Å². The number of amides is 1. The number of imidazole rings is 1. The zero-order valence-electron chi connectivity index (χ0n) is 17.6. The Balaban J connectivity index is 1.39. The van der Waals surface area contributed by atoms with Gasteiger partial charge in [0.2, 0.25) is 0 Å². The van der Waals surface area contributed by atoms with Crippen molar-refractivity contribution in [3.05, 3.63) is 81.9 Å². The number of pyridine rings is 2. The quantitative estimate of drug-likeness (QED) is 0.453. The Morgan fingerprint density at radius 1 is 1.22 bits per heavy atom. The number of nitrogens with zero attached hydrogens (tertiary/aromatic N) is 3. The highest BCUT2D eigenvalue weighted by Crippen LogP contribution is 2.39. The largest absolute Gasteiger partial charge is 0.455 e. The lowest BCUT2D eigenvalue weighted by molar-refractivity contribution is 0.0468. The van der Waals surface area contributed by atoms with Crippen molar-refractivity contribution in [1.82, 2.24) is 14.4 Å². The van der Waals surface area contributed by atoms with E-state index in [-0.39, 0.29) is 12.5 Å². The van der Waals surface area contributed by atoms with Crippen LogP contribution in [-0.2, 0) is 24.2 Å². The van der Waals surface area contributed by atoms with Crippen molar-refractivity contribution in [2.24, 2.45) is 0 Å². The van der Waals surface area contributed by atoms with E-state index in [2.05, 4.69) is 15.3 Å². The van der Waals surface area contributed by atoms with Crippen LogP contribution in [0, 0.1) is 6.92 Å². The van der Waals surface area contributed by atoms with Gasteiger partial charge in [-0.15, -0.1) is 11.3 Å². The van der Waals surface area contributed by atoms with Gasteiger partial charge in [0.05, 0.1) is 16.8 Å². The number of fused-ring (bicyclic) bond motifs is 2. The second-order valence-electron chi connectivity index (χ2n) is 7.84. The zero-order chi connectivity index (χ0) is 22.1. The van der Waals surface area contributed by atoms with Crippen LogP contribution >= 0.6 is 11.3 Å². The van der Waals surface area contributed by atoms with Gasteiger partial charge in [-0.25, -0.2) is 9.78 Å². The molecule has 1 aliphatic rings. The first kappa shape index (κ1) is 20.4. The third-order valence-electron chi connectivity index (χ3n) is 5.61. The summed E-state index contributed by atoms with van der Waals surface area (Å²) in [6.07, 6.45) is 10.7. The number of carbonyl (C=O) groups excluding carboxylic acids is 2. The van der Waals surface area contributed by atoms with Gasteiger partial charge in [0.25, 0.3) is 5.91 Å². The minimum absolute atomic E-state index is 0.0700. The Morgan fingerprint density at radius 2 is 2.09 bits per heavy atom. The first-order valence-electron chi connectivity index (χ1n) is 10.6. The van der Waals surface area contributed by atoms with Gasteiger partial charge in [0.15, 0.2) is 0 Å². The molecule has 0 spiro atoms. The van der Waals surface area contributed by atoms with Crippen molar-refractivity contribution < 1.29 is 14.3 Å². The molecule has 4 heterocycles. The number of ether oxygens (including phenoxy) is 1. The molecule has 1 amide bonds. The molecule has 0 aromatic carbocycles. The molecule has 4 aromatic heterocycles. The SMILES string of the molecule is Cc1cccn2cc(COC(=O)c3c(NC(=O)c4cccnc4)sc4c3CCCC4)nc12. The van der Waals surface area contributed by atoms with E-state index in [1.165, 1.54) is 17.5 Å². The van der Waals surface area contributed by atoms with Crippen LogP contribution in [0.3, 0.4) is 0 Å². The molecule has 0 saturated heterocycles. The van der Waals surface area contributed by atoms with Gasteiger partial charge < -0.3 is 14.5 Å². The normalized spacial score (nSPS) is 13.0. The number of nitrogens with one attached hydrogen (secondary N) is 1. The summed E-state index contributed by atoms with van der Waals surface area (Å²) in [5.41, 5.74) is 4.49. The highest BCUT2D eigenvalue weighted by Gasteiger charge is 2.28. The van der Waals surface area contributed by atoms with E-state index in [4.69, 9.17) is 4.74 Å². The first-order chi connectivity index (χ1) is 15.6. The van der Waals surface area contributed by atoms with Gasteiger partial charge in [0.1, 0.15) is 17.3 Å². The predicted molar refractivity (Wildman–Crippen MR) is 122 cm³/mol. The molecule has 32 heavy (non-hydrogen) atoms. The zero-order valence-corrected chi connectivity index (χ0v) is 18.4. The molecule has 0 bridgehead atoms. The van der Waals surface area contributed by atoms with Crippen LogP contribution in [-0.4, -0.2) is 26.2 Å². The van der Waals surface area contributed by atoms with E-state index in [1.54, 1.807) is 18.3 Å². The van der Waals surface area contributed by atoms with Gasteiger partial charge in [-0.1, -0.05) is 6.07 Å². The maximum absolute atomic E-state index is 13.2. The molecule has 162 valence electrons. The molecule has 0 aliphatic heterocycles. The standard InChI is InChI=1S/C24H22N4O3S/c1-15-6-5-11-28-13-17(26-21(15)28)14-31-24(30)20-18-8-2-3-9-19(18)32-23(20)27-22(29)16-7-4-10-25-12-16/h4-7,10-13H,2-3,8-9,14H2,1H3,(H,27,29). The third kappa shape index (κ3) is 3.89. The van der Waals surface area contributed by atoms with E-state index in [0.29, 0.717) is 21.8 Å². The molecular weight excluding hydrogens is 424 g/mol. The van der Waals surface area contributed by atoms with E-state index in [0.717, 1.165) is 47.3 Å². The Bertz CT molecular complexity index is 1310. The van der Waals surface area contributed by atoms with Crippen molar-refractivity contribution in [3.8, 4) is 0 Å². The smallest absolute Gasteiger partial charge is 0.341 e. The van der Waals surface area contributed by atoms with Gasteiger partial charge in [-0.2, -0.15) is 0 Å². The minimum atomic E-state index is -0.431. The summed E-state index contributed by atoms with van der Waals surface area (Å²) in [5.74, 6) is -0.721. The average molecular weight is 447 g/mol. The number of thiophene rings is 1. The van der Waals surface area contributed by atoms with Crippen molar-refractivity contribution in [2.45, 2.75) is 39.2 Å². The summed E-state index contributed by atoms with van der Waals surface area (Å²) < 4.78 is 7.59. The second-order valence-corrected chi connectivity index (χ2v) is 8.95. The van der Waals surface area contributed by atoms with Crippen molar-refractivity contribution in [2.75, 3.05) is 5.32 Å². The molecule has 0 saturated carbocycles. The lowest BCUT2D eigenvalue weighted by atomic mass is 9.95. The Hall–Kier alpha value is -3.52. The molecule has 8 heteroatoms. The lowest BCUT2D eigenvalue weighted by Gasteiger charge is -2.12. The van der Waals surface area contributed by atoms with Gasteiger partial charge in [-0.3, -0.25) is 9.78 Å². The number of aryl methyl sites for hydroxylation is 2. The summed E-state index contributed by atoms with van der Waals surface area (Å²) >= 11 is 1.47. The van der Waals surface area contributed by atoms with Crippen LogP contribution in [0.5, 0.6) is 0 Å². The van der Waals surface area contributed by atoms with E-state index < -0.39 is 5.97 Å². The number of esters is 1. The summed E-state index contributed by atoms with van der Waals surface area (Å²) in [6.45, 7) is 2.06.